The molecule has 0 fully saturated rings. The van der Waals surface area contributed by atoms with E-state index in [9.17, 15) is 17.2 Å². The van der Waals surface area contributed by atoms with E-state index in [0.717, 1.165) is 12.1 Å². The summed E-state index contributed by atoms with van der Waals surface area (Å²) in [5.74, 6) is -1.18. The predicted octanol–water partition coefficient (Wildman–Crippen LogP) is 2.78. The zero-order valence-electron chi connectivity index (χ0n) is 12.8. The number of nitrogens with one attached hydrogen (secondary N) is 1. The van der Waals surface area contributed by atoms with Gasteiger partial charge < -0.3 is 9.47 Å². The van der Waals surface area contributed by atoms with E-state index in [0.29, 0.717) is 30.3 Å². The molecule has 0 amide bonds. The Morgan fingerprint density at radius 3 is 2.42 bits per heavy atom. The van der Waals surface area contributed by atoms with Crippen LogP contribution >= 0.6 is 0 Å². The van der Waals surface area contributed by atoms with Crippen molar-refractivity contribution in [2.75, 3.05) is 13.2 Å². The van der Waals surface area contributed by atoms with Crippen LogP contribution in [0.3, 0.4) is 0 Å². The van der Waals surface area contributed by atoms with Crippen LogP contribution in [0, 0.1) is 11.6 Å². The van der Waals surface area contributed by atoms with E-state index >= 15 is 0 Å². The molecule has 1 aliphatic heterocycles. The number of ether oxygens (including phenoxy) is 2. The molecule has 24 heavy (non-hydrogen) atoms. The molecule has 2 aromatic rings. The number of fused-ring (bicyclic) bond motifs is 1. The molecule has 0 spiro atoms. The second-order valence-electron chi connectivity index (χ2n) is 5.32. The van der Waals surface area contributed by atoms with Crippen molar-refractivity contribution in [1.82, 2.24) is 4.72 Å². The fraction of sp³-hybridized carbons (Fsp3) is 0.250. The van der Waals surface area contributed by atoms with E-state index < -0.39 is 27.7 Å². The summed E-state index contributed by atoms with van der Waals surface area (Å²) in [7, 11) is -3.87. The van der Waals surface area contributed by atoms with E-state index in [2.05, 4.69) is 4.72 Å². The fourth-order valence-electron chi connectivity index (χ4n) is 2.34. The first-order valence-electron chi connectivity index (χ1n) is 7.24. The number of hydrogen-bond acceptors (Lipinski definition) is 4. The third kappa shape index (κ3) is 3.34. The van der Waals surface area contributed by atoms with Gasteiger partial charge in [0.2, 0.25) is 10.0 Å². The lowest BCUT2D eigenvalue weighted by atomic mass is 10.1. The molecule has 0 saturated carbocycles. The van der Waals surface area contributed by atoms with Gasteiger partial charge >= 0.3 is 0 Å². The lowest BCUT2D eigenvalue weighted by molar-refractivity contribution is 0.171. The standard InChI is InChI=1S/C16H15F2NO4S/c1-10(11-2-4-13(17)14(18)8-11)19-24(20,21)12-3-5-15-16(9-12)23-7-6-22-15/h2-5,8-10,19H,6-7H2,1H3/t10-/m1/s1. The third-order valence-electron chi connectivity index (χ3n) is 3.60. The van der Waals surface area contributed by atoms with Crippen molar-refractivity contribution in [3.05, 3.63) is 53.6 Å². The van der Waals surface area contributed by atoms with Gasteiger partial charge in [-0.15, -0.1) is 0 Å². The Kier molecular flexibility index (Phi) is 4.42. The summed E-state index contributed by atoms with van der Waals surface area (Å²) in [5, 5.41) is 0. The average Bonchev–Trinajstić information content (AvgIpc) is 2.56. The van der Waals surface area contributed by atoms with Crippen molar-refractivity contribution in [3.8, 4) is 11.5 Å². The molecule has 1 aliphatic rings. The van der Waals surface area contributed by atoms with Gasteiger partial charge in [0.05, 0.1) is 4.90 Å². The first-order chi connectivity index (χ1) is 11.4. The van der Waals surface area contributed by atoms with E-state index in [4.69, 9.17) is 9.47 Å². The van der Waals surface area contributed by atoms with Crippen LogP contribution in [0.15, 0.2) is 41.3 Å². The number of sulfonamides is 1. The van der Waals surface area contributed by atoms with Crippen LogP contribution in [0.4, 0.5) is 8.78 Å². The molecule has 128 valence electrons. The molecular weight excluding hydrogens is 340 g/mol. The minimum Gasteiger partial charge on any atom is -0.486 e. The maximum Gasteiger partial charge on any atom is 0.241 e. The van der Waals surface area contributed by atoms with Gasteiger partial charge in [-0.3, -0.25) is 0 Å². The largest absolute Gasteiger partial charge is 0.486 e. The summed E-state index contributed by atoms with van der Waals surface area (Å²) in [4.78, 5) is 0.00110. The van der Waals surface area contributed by atoms with Gasteiger partial charge in [0.1, 0.15) is 13.2 Å². The van der Waals surface area contributed by atoms with Gasteiger partial charge in [-0.2, -0.15) is 0 Å². The highest BCUT2D eigenvalue weighted by molar-refractivity contribution is 7.89. The lowest BCUT2D eigenvalue weighted by Gasteiger charge is -2.20. The Balaban J connectivity index is 1.84. The molecule has 1 atom stereocenters. The smallest absolute Gasteiger partial charge is 0.241 e. The van der Waals surface area contributed by atoms with Gasteiger partial charge in [0, 0.05) is 12.1 Å². The monoisotopic (exact) mass is 355 g/mol. The van der Waals surface area contributed by atoms with Gasteiger partial charge in [-0.05, 0) is 36.8 Å². The van der Waals surface area contributed by atoms with Crippen LogP contribution in [-0.2, 0) is 10.0 Å². The highest BCUT2D eigenvalue weighted by atomic mass is 32.2. The Bertz CT molecular complexity index is 870. The van der Waals surface area contributed by atoms with Crippen LogP contribution in [-0.4, -0.2) is 21.6 Å². The van der Waals surface area contributed by atoms with Crippen molar-refractivity contribution >= 4 is 10.0 Å². The SMILES string of the molecule is C[C@@H](NS(=O)(=O)c1ccc2c(c1)OCCO2)c1ccc(F)c(F)c1. The molecule has 3 rings (SSSR count). The molecule has 0 saturated heterocycles. The lowest BCUT2D eigenvalue weighted by Crippen LogP contribution is -2.27. The van der Waals surface area contributed by atoms with Gasteiger partial charge in [-0.25, -0.2) is 21.9 Å². The average molecular weight is 355 g/mol. The molecule has 5 nitrogen and oxygen atoms in total. The van der Waals surface area contributed by atoms with E-state index in [-0.39, 0.29) is 4.90 Å². The number of rotatable bonds is 4. The molecule has 8 heteroatoms. The molecule has 0 unspecified atom stereocenters. The summed E-state index contributed by atoms with van der Waals surface area (Å²) >= 11 is 0. The molecule has 0 aliphatic carbocycles. The maximum atomic E-state index is 13.3. The molecule has 0 radical (unpaired) electrons. The molecule has 1 N–H and O–H groups in total. The zero-order chi connectivity index (χ0) is 17.3. The zero-order valence-corrected chi connectivity index (χ0v) is 13.6. The first kappa shape index (κ1) is 16.7. The van der Waals surface area contributed by atoms with Crippen molar-refractivity contribution in [1.29, 1.82) is 0 Å². The summed E-state index contributed by atoms with van der Waals surface area (Å²) in [6.45, 7) is 2.29. The fourth-order valence-corrected chi connectivity index (χ4v) is 3.59. The van der Waals surface area contributed by atoms with Crippen molar-refractivity contribution in [2.24, 2.45) is 0 Å². The van der Waals surface area contributed by atoms with Gasteiger partial charge in [0.25, 0.3) is 0 Å². The van der Waals surface area contributed by atoms with Crippen LogP contribution < -0.4 is 14.2 Å². The third-order valence-corrected chi connectivity index (χ3v) is 5.14. The minimum absolute atomic E-state index is 0.00110. The molecule has 1 heterocycles. The second-order valence-corrected chi connectivity index (χ2v) is 7.04. The van der Waals surface area contributed by atoms with Crippen LogP contribution in [0.2, 0.25) is 0 Å². The predicted molar refractivity (Wildman–Crippen MR) is 82.5 cm³/mol. The normalized spacial score (nSPS) is 15.1. The van der Waals surface area contributed by atoms with Crippen LogP contribution in [0.1, 0.15) is 18.5 Å². The Morgan fingerprint density at radius 1 is 1.00 bits per heavy atom. The number of benzene rings is 2. The van der Waals surface area contributed by atoms with Crippen LogP contribution in [0.5, 0.6) is 11.5 Å². The number of halogens is 2. The molecule has 0 bridgehead atoms. The summed E-state index contributed by atoms with van der Waals surface area (Å²) < 4.78 is 64.4. The number of hydrogen-bond donors (Lipinski definition) is 1. The Labute approximate surface area is 138 Å². The van der Waals surface area contributed by atoms with Gasteiger partial charge in [0.15, 0.2) is 23.1 Å². The first-order valence-corrected chi connectivity index (χ1v) is 8.72. The molecule has 2 aromatic carbocycles. The topological polar surface area (TPSA) is 64.6 Å². The summed E-state index contributed by atoms with van der Waals surface area (Å²) in [6.07, 6.45) is 0. The van der Waals surface area contributed by atoms with Crippen LogP contribution in [0.25, 0.3) is 0 Å². The molecular formula is C16H15F2NO4S. The van der Waals surface area contributed by atoms with Crippen molar-refractivity contribution < 1.29 is 26.7 Å². The summed E-state index contributed by atoms with van der Waals surface area (Å²) in [6, 6.07) is 6.80. The van der Waals surface area contributed by atoms with Crippen molar-refractivity contribution in [3.63, 3.8) is 0 Å². The summed E-state index contributed by atoms with van der Waals surface area (Å²) in [5.41, 5.74) is 0.315. The second kappa shape index (κ2) is 6.37. The van der Waals surface area contributed by atoms with Crippen molar-refractivity contribution in [2.45, 2.75) is 17.9 Å². The molecule has 0 aromatic heterocycles. The van der Waals surface area contributed by atoms with Gasteiger partial charge in [-0.1, -0.05) is 6.07 Å². The highest BCUT2D eigenvalue weighted by Gasteiger charge is 2.22. The minimum atomic E-state index is -3.87. The van der Waals surface area contributed by atoms with E-state index in [1.54, 1.807) is 6.92 Å². The Morgan fingerprint density at radius 2 is 1.71 bits per heavy atom. The van der Waals surface area contributed by atoms with E-state index in [1.807, 2.05) is 0 Å². The highest BCUT2D eigenvalue weighted by Crippen LogP contribution is 2.32. The Hall–Kier alpha value is -2.19. The maximum absolute atomic E-state index is 13.3. The quantitative estimate of drug-likeness (QED) is 0.916. The van der Waals surface area contributed by atoms with E-state index in [1.165, 1.54) is 24.3 Å².